The third-order valence-electron chi connectivity index (χ3n) is 7.15. The van der Waals surface area contributed by atoms with Gasteiger partial charge in [0.15, 0.2) is 4.80 Å². The van der Waals surface area contributed by atoms with Crippen molar-refractivity contribution in [3.8, 4) is 5.75 Å². The molecule has 0 radical (unpaired) electrons. The van der Waals surface area contributed by atoms with Gasteiger partial charge in [-0.15, -0.1) is 0 Å². The monoisotopic (exact) mass is 640 g/mol. The number of benzene rings is 4. The maximum absolute atomic E-state index is 14.0. The van der Waals surface area contributed by atoms with E-state index >= 15 is 0 Å². The Kier molecular flexibility index (Phi) is 8.79. The van der Waals surface area contributed by atoms with Crippen LogP contribution in [-0.4, -0.2) is 10.5 Å². The highest BCUT2D eigenvalue weighted by atomic mass is 35.5. The van der Waals surface area contributed by atoms with Crippen molar-refractivity contribution < 1.29 is 14.3 Å². The molecule has 220 valence electrons. The van der Waals surface area contributed by atoms with Crippen molar-refractivity contribution in [3.63, 3.8) is 0 Å². The first-order valence-corrected chi connectivity index (χ1v) is 15.4. The highest BCUT2D eigenvalue weighted by Crippen LogP contribution is 2.32. The molecule has 44 heavy (non-hydrogen) atoms. The largest absolute Gasteiger partial charge is 0.489 e. The number of esters is 1. The van der Waals surface area contributed by atoms with E-state index in [1.807, 2.05) is 84.9 Å². The first-order valence-electron chi connectivity index (χ1n) is 13.8. The average Bonchev–Trinajstić information content (AvgIpc) is 3.34. The average molecular weight is 642 g/mol. The zero-order chi connectivity index (χ0) is 30.6. The normalized spacial score (nSPS) is 14.6. The Morgan fingerprint density at radius 1 is 0.909 bits per heavy atom. The molecular formula is C35H26Cl2N2O4S. The van der Waals surface area contributed by atoms with Gasteiger partial charge in [-0.1, -0.05) is 113 Å². The first-order chi connectivity index (χ1) is 21.4. The molecule has 1 aromatic heterocycles. The molecule has 0 saturated heterocycles. The smallest absolute Gasteiger partial charge is 0.338 e. The third kappa shape index (κ3) is 6.40. The van der Waals surface area contributed by atoms with Crippen LogP contribution in [0.1, 0.15) is 35.2 Å². The molecular weight excluding hydrogens is 615 g/mol. The van der Waals surface area contributed by atoms with Crippen molar-refractivity contribution in [1.29, 1.82) is 0 Å². The Hall–Kier alpha value is -4.43. The molecule has 0 fully saturated rings. The summed E-state index contributed by atoms with van der Waals surface area (Å²) in [4.78, 5) is 32.8. The van der Waals surface area contributed by atoms with Gasteiger partial charge in [-0.25, -0.2) is 9.79 Å². The Balaban J connectivity index is 1.39. The van der Waals surface area contributed by atoms with E-state index in [0.717, 1.165) is 16.7 Å². The summed E-state index contributed by atoms with van der Waals surface area (Å²) < 4.78 is 13.7. The number of carbonyl (C=O) groups is 1. The maximum Gasteiger partial charge on any atom is 0.338 e. The fourth-order valence-electron chi connectivity index (χ4n) is 4.95. The summed E-state index contributed by atoms with van der Waals surface area (Å²) in [7, 11) is 0. The molecule has 1 aliphatic heterocycles. The number of rotatable bonds is 8. The van der Waals surface area contributed by atoms with E-state index in [1.54, 1.807) is 35.8 Å². The molecule has 1 aliphatic rings. The predicted molar refractivity (Wildman–Crippen MR) is 174 cm³/mol. The number of fused-ring (bicyclic) bond motifs is 1. The van der Waals surface area contributed by atoms with E-state index in [4.69, 9.17) is 32.7 Å². The summed E-state index contributed by atoms with van der Waals surface area (Å²) in [6.45, 7) is 2.27. The number of hydrogen-bond donors (Lipinski definition) is 0. The topological polar surface area (TPSA) is 69.9 Å². The van der Waals surface area contributed by atoms with Gasteiger partial charge in [-0.2, -0.15) is 0 Å². The molecule has 1 atom stereocenters. The van der Waals surface area contributed by atoms with Gasteiger partial charge in [0, 0.05) is 10.0 Å². The zero-order valence-electron chi connectivity index (χ0n) is 23.6. The van der Waals surface area contributed by atoms with Crippen LogP contribution in [-0.2, 0) is 22.7 Å². The number of carbonyl (C=O) groups excluding carboxylic acids is 1. The van der Waals surface area contributed by atoms with Gasteiger partial charge in [-0.3, -0.25) is 9.36 Å². The molecule has 0 bridgehead atoms. The van der Waals surface area contributed by atoms with Crippen LogP contribution >= 0.6 is 34.5 Å². The van der Waals surface area contributed by atoms with Crippen molar-refractivity contribution in [2.75, 3.05) is 0 Å². The molecule has 9 heteroatoms. The van der Waals surface area contributed by atoms with Crippen LogP contribution in [0.5, 0.6) is 5.75 Å². The standard InChI is InChI=1S/C35H26Cl2N2O4S/c1-22-31(34(41)43-21-24-10-6-3-7-11-24)32(25-13-16-28(17-14-25)42-20-23-8-4-2-5-9-23)39-33(40)30(44-35(39)38-22)18-26-12-15-27(36)19-29(26)37/h2-19,32H,20-21H2,1H3/b30-18-/t32-/m0/s1. The summed E-state index contributed by atoms with van der Waals surface area (Å²) in [6, 6.07) is 31.1. The summed E-state index contributed by atoms with van der Waals surface area (Å²) in [5.41, 5.74) is 3.75. The van der Waals surface area contributed by atoms with Gasteiger partial charge in [0.05, 0.1) is 21.8 Å². The lowest BCUT2D eigenvalue weighted by Gasteiger charge is -2.25. The van der Waals surface area contributed by atoms with E-state index in [0.29, 0.717) is 48.6 Å². The summed E-state index contributed by atoms with van der Waals surface area (Å²) in [5, 5.41) is 0.923. The molecule has 6 nitrogen and oxygen atoms in total. The second-order valence-electron chi connectivity index (χ2n) is 10.2. The number of nitrogens with zero attached hydrogens (tertiary/aromatic N) is 2. The Bertz CT molecular complexity index is 2040. The highest BCUT2D eigenvalue weighted by Gasteiger charge is 2.33. The number of ether oxygens (including phenoxy) is 2. The number of halogens is 2. The van der Waals surface area contributed by atoms with Gasteiger partial charge < -0.3 is 9.47 Å². The van der Waals surface area contributed by atoms with Crippen LogP contribution < -0.4 is 19.6 Å². The molecule has 4 aromatic carbocycles. The maximum atomic E-state index is 14.0. The molecule has 0 saturated carbocycles. The highest BCUT2D eigenvalue weighted by molar-refractivity contribution is 7.07. The van der Waals surface area contributed by atoms with E-state index in [1.165, 1.54) is 11.3 Å². The van der Waals surface area contributed by atoms with Gasteiger partial charge in [0.1, 0.15) is 19.0 Å². The van der Waals surface area contributed by atoms with Crippen molar-refractivity contribution >= 4 is 46.6 Å². The minimum absolute atomic E-state index is 0.0922. The fraction of sp³-hybridized carbons (Fsp3) is 0.114. The van der Waals surface area contributed by atoms with Crippen molar-refractivity contribution in [2.24, 2.45) is 4.99 Å². The molecule has 0 aliphatic carbocycles. The third-order valence-corrected chi connectivity index (χ3v) is 8.69. The number of thiazole rings is 1. The van der Waals surface area contributed by atoms with Crippen LogP contribution in [0.2, 0.25) is 10.0 Å². The quantitative estimate of drug-likeness (QED) is 0.174. The Morgan fingerprint density at radius 2 is 1.57 bits per heavy atom. The minimum Gasteiger partial charge on any atom is -0.489 e. The van der Waals surface area contributed by atoms with Crippen molar-refractivity contribution in [2.45, 2.75) is 26.2 Å². The lowest BCUT2D eigenvalue weighted by atomic mass is 9.96. The van der Waals surface area contributed by atoms with Gasteiger partial charge in [-0.05, 0) is 59.5 Å². The van der Waals surface area contributed by atoms with Crippen molar-refractivity contribution in [3.05, 3.63) is 166 Å². The van der Waals surface area contributed by atoms with E-state index in [-0.39, 0.29) is 12.2 Å². The van der Waals surface area contributed by atoms with Gasteiger partial charge in [0.2, 0.25) is 0 Å². The zero-order valence-corrected chi connectivity index (χ0v) is 25.9. The molecule has 0 spiro atoms. The van der Waals surface area contributed by atoms with E-state index in [9.17, 15) is 9.59 Å². The van der Waals surface area contributed by atoms with E-state index < -0.39 is 12.0 Å². The fourth-order valence-corrected chi connectivity index (χ4v) is 6.45. The van der Waals surface area contributed by atoms with Crippen LogP contribution in [0.15, 0.2) is 124 Å². The molecule has 6 rings (SSSR count). The number of aromatic nitrogens is 1. The van der Waals surface area contributed by atoms with Crippen molar-refractivity contribution in [1.82, 2.24) is 4.57 Å². The minimum atomic E-state index is -0.763. The van der Waals surface area contributed by atoms with Crippen LogP contribution in [0, 0.1) is 0 Å². The lowest BCUT2D eigenvalue weighted by Crippen LogP contribution is -2.39. The van der Waals surface area contributed by atoms with Crippen LogP contribution in [0.3, 0.4) is 0 Å². The van der Waals surface area contributed by atoms with Crippen LogP contribution in [0.25, 0.3) is 6.08 Å². The van der Waals surface area contributed by atoms with Gasteiger partial charge in [0.25, 0.3) is 5.56 Å². The molecule has 0 amide bonds. The summed E-state index contributed by atoms with van der Waals surface area (Å²) >= 11 is 13.7. The number of allylic oxidation sites excluding steroid dienone is 1. The van der Waals surface area contributed by atoms with E-state index in [2.05, 4.69) is 4.99 Å². The van der Waals surface area contributed by atoms with Gasteiger partial charge >= 0.3 is 5.97 Å². The molecule has 0 N–H and O–H groups in total. The lowest BCUT2D eigenvalue weighted by molar-refractivity contribution is -0.140. The molecule has 2 heterocycles. The SMILES string of the molecule is CC1=C(C(=O)OCc2ccccc2)[C@H](c2ccc(OCc3ccccc3)cc2)n2c(s/c(=C\c3ccc(Cl)cc3Cl)c2=O)=N1. The predicted octanol–water partition coefficient (Wildman–Crippen LogP) is 6.86. The second-order valence-corrected chi connectivity index (χ2v) is 12.0. The molecule has 0 unspecified atom stereocenters. The Morgan fingerprint density at radius 3 is 2.23 bits per heavy atom. The first kappa shape index (κ1) is 29.6. The van der Waals surface area contributed by atoms with Crippen LogP contribution in [0.4, 0.5) is 0 Å². The summed E-state index contributed by atoms with van der Waals surface area (Å²) in [5.74, 6) is 0.121. The summed E-state index contributed by atoms with van der Waals surface area (Å²) in [6.07, 6.45) is 1.72. The Labute approximate surface area is 267 Å². The number of hydrogen-bond acceptors (Lipinski definition) is 6. The second kappa shape index (κ2) is 13.1. The molecule has 5 aromatic rings.